The highest BCUT2D eigenvalue weighted by atomic mass is 32.1. The van der Waals surface area contributed by atoms with Crippen LogP contribution >= 0.6 is 12.2 Å². The molecule has 2 rings (SSSR count). The highest BCUT2D eigenvalue weighted by Crippen LogP contribution is 2.14. The SMILES string of the molecule is Cc1ncoc1C1=NCC(=S)N1C. The van der Waals surface area contributed by atoms with E-state index in [9.17, 15) is 0 Å². The van der Waals surface area contributed by atoms with Gasteiger partial charge in [-0.1, -0.05) is 12.2 Å². The fraction of sp³-hybridized carbons (Fsp3) is 0.375. The molecule has 5 heteroatoms. The van der Waals surface area contributed by atoms with E-state index in [1.807, 2.05) is 18.9 Å². The van der Waals surface area contributed by atoms with Crippen LogP contribution in [-0.2, 0) is 0 Å². The summed E-state index contributed by atoms with van der Waals surface area (Å²) in [5, 5.41) is 0. The zero-order valence-corrected chi connectivity index (χ0v) is 8.26. The zero-order valence-electron chi connectivity index (χ0n) is 7.44. The molecule has 0 unspecified atom stereocenters. The maximum absolute atomic E-state index is 5.22. The van der Waals surface area contributed by atoms with Gasteiger partial charge in [-0.2, -0.15) is 0 Å². The maximum atomic E-state index is 5.22. The lowest BCUT2D eigenvalue weighted by Gasteiger charge is -2.11. The summed E-state index contributed by atoms with van der Waals surface area (Å²) in [6, 6.07) is 0. The molecular weight excluding hydrogens is 186 g/mol. The molecule has 0 fully saturated rings. The molecule has 68 valence electrons. The second-order valence-electron chi connectivity index (χ2n) is 2.86. The van der Waals surface area contributed by atoms with E-state index in [4.69, 9.17) is 16.6 Å². The predicted molar refractivity (Wildman–Crippen MR) is 53.0 cm³/mol. The Morgan fingerprint density at radius 2 is 2.38 bits per heavy atom. The summed E-state index contributed by atoms with van der Waals surface area (Å²) >= 11 is 5.09. The van der Waals surface area contributed by atoms with Crippen molar-refractivity contribution >= 4 is 23.0 Å². The Morgan fingerprint density at radius 1 is 1.62 bits per heavy atom. The van der Waals surface area contributed by atoms with Gasteiger partial charge in [0.25, 0.3) is 0 Å². The van der Waals surface area contributed by atoms with Gasteiger partial charge in [-0.15, -0.1) is 0 Å². The fourth-order valence-electron chi connectivity index (χ4n) is 1.21. The first-order chi connectivity index (χ1) is 6.20. The molecule has 0 amide bonds. The highest BCUT2D eigenvalue weighted by Gasteiger charge is 2.23. The number of rotatable bonds is 1. The normalized spacial score (nSPS) is 16.6. The second kappa shape index (κ2) is 2.92. The van der Waals surface area contributed by atoms with Gasteiger partial charge in [-0.05, 0) is 6.92 Å². The smallest absolute Gasteiger partial charge is 0.192 e. The van der Waals surface area contributed by atoms with Gasteiger partial charge in [0.15, 0.2) is 18.0 Å². The van der Waals surface area contributed by atoms with E-state index in [1.54, 1.807) is 0 Å². The van der Waals surface area contributed by atoms with Crippen LogP contribution in [0.3, 0.4) is 0 Å². The van der Waals surface area contributed by atoms with Crippen LogP contribution in [0.4, 0.5) is 0 Å². The van der Waals surface area contributed by atoms with Crippen molar-refractivity contribution in [3.63, 3.8) is 0 Å². The van der Waals surface area contributed by atoms with Crippen LogP contribution in [0, 0.1) is 6.92 Å². The quantitative estimate of drug-likeness (QED) is 0.627. The fourth-order valence-corrected chi connectivity index (χ4v) is 1.36. The van der Waals surface area contributed by atoms with Gasteiger partial charge < -0.3 is 9.32 Å². The number of aromatic nitrogens is 1. The average molecular weight is 195 g/mol. The monoisotopic (exact) mass is 195 g/mol. The lowest BCUT2D eigenvalue weighted by atomic mass is 10.3. The number of aryl methyl sites for hydroxylation is 1. The minimum atomic E-state index is 0.571. The van der Waals surface area contributed by atoms with E-state index in [0.717, 1.165) is 16.5 Å². The molecule has 0 bridgehead atoms. The van der Waals surface area contributed by atoms with Crippen LogP contribution in [0.15, 0.2) is 15.8 Å². The van der Waals surface area contributed by atoms with Gasteiger partial charge in [-0.25, -0.2) is 4.98 Å². The number of amidine groups is 1. The van der Waals surface area contributed by atoms with Gasteiger partial charge in [0.1, 0.15) is 4.99 Å². The van der Waals surface area contributed by atoms with Crippen molar-refractivity contribution in [3.05, 3.63) is 17.8 Å². The van der Waals surface area contributed by atoms with Crippen LogP contribution in [0.2, 0.25) is 0 Å². The van der Waals surface area contributed by atoms with Crippen LogP contribution in [-0.4, -0.2) is 34.3 Å². The van der Waals surface area contributed by atoms with Crippen molar-refractivity contribution in [2.45, 2.75) is 6.92 Å². The van der Waals surface area contributed by atoms with E-state index in [1.165, 1.54) is 6.39 Å². The largest absolute Gasteiger partial charge is 0.440 e. The summed E-state index contributed by atoms with van der Waals surface area (Å²) in [5.41, 5.74) is 0.843. The molecule has 1 aliphatic heterocycles. The maximum Gasteiger partial charge on any atom is 0.192 e. The lowest BCUT2D eigenvalue weighted by Crippen LogP contribution is -2.27. The molecule has 0 N–H and O–H groups in total. The third-order valence-corrected chi connectivity index (χ3v) is 2.41. The Kier molecular flexibility index (Phi) is 1.88. The minimum Gasteiger partial charge on any atom is -0.440 e. The molecule has 4 nitrogen and oxygen atoms in total. The molecule has 13 heavy (non-hydrogen) atoms. The predicted octanol–water partition coefficient (Wildman–Crippen LogP) is 1.00. The van der Waals surface area contributed by atoms with Gasteiger partial charge in [-0.3, -0.25) is 4.99 Å². The van der Waals surface area contributed by atoms with E-state index < -0.39 is 0 Å². The number of likely N-dealkylation sites (N-methyl/N-ethyl adjacent to an activating group) is 1. The third kappa shape index (κ3) is 1.25. The topological polar surface area (TPSA) is 41.6 Å². The average Bonchev–Trinajstić information content (AvgIpc) is 2.62. The molecule has 0 spiro atoms. The van der Waals surface area contributed by atoms with Crippen molar-refractivity contribution in [1.82, 2.24) is 9.88 Å². The number of nitrogens with zero attached hydrogens (tertiary/aromatic N) is 3. The van der Waals surface area contributed by atoms with E-state index >= 15 is 0 Å². The summed E-state index contributed by atoms with van der Waals surface area (Å²) in [7, 11) is 1.89. The molecule has 0 aliphatic carbocycles. The van der Waals surface area contributed by atoms with Gasteiger partial charge >= 0.3 is 0 Å². The van der Waals surface area contributed by atoms with Crippen molar-refractivity contribution in [1.29, 1.82) is 0 Å². The number of thiocarbonyl (C=S) groups is 1. The van der Waals surface area contributed by atoms with E-state index in [0.29, 0.717) is 12.3 Å². The van der Waals surface area contributed by atoms with Crippen molar-refractivity contribution in [3.8, 4) is 0 Å². The van der Waals surface area contributed by atoms with Gasteiger partial charge in [0.05, 0.1) is 12.2 Å². The Balaban J connectivity index is 2.39. The molecule has 0 radical (unpaired) electrons. The minimum absolute atomic E-state index is 0.571. The molecule has 0 atom stereocenters. The lowest BCUT2D eigenvalue weighted by molar-refractivity contribution is 0.538. The van der Waals surface area contributed by atoms with E-state index in [2.05, 4.69) is 9.98 Å². The standard InChI is InChI=1S/C8H9N3OS/c1-5-7(12-4-10-5)8-9-3-6(13)11(8)2/h4H,3H2,1-2H3. The first-order valence-electron chi connectivity index (χ1n) is 3.91. The molecule has 2 heterocycles. The van der Waals surface area contributed by atoms with Crippen LogP contribution < -0.4 is 0 Å². The Hall–Kier alpha value is -1.23. The van der Waals surface area contributed by atoms with Gasteiger partial charge in [0.2, 0.25) is 0 Å². The summed E-state index contributed by atoms with van der Waals surface area (Å²) in [6.07, 6.45) is 1.42. The third-order valence-electron chi connectivity index (χ3n) is 2.00. The Labute approximate surface area is 81.3 Å². The first-order valence-corrected chi connectivity index (χ1v) is 4.32. The second-order valence-corrected chi connectivity index (χ2v) is 3.33. The number of oxazole rings is 1. The van der Waals surface area contributed by atoms with Crippen molar-refractivity contribution in [2.24, 2.45) is 4.99 Å². The molecule has 1 aliphatic rings. The van der Waals surface area contributed by atoms with Gasteiger partial charge in [0, 0.05) is 7.05 Å². The molecule has 0 aromatic carbocycles. The summed E-state index contributed by atoms with van der Waals surface area (Å²) < 4.78 is 5.22. The first kappa shape index (κ1) is 8.37. The number of hydrogen-bond donors (Lipinski definition) is 0. The summed E-state index contributed by atoms with van der Waals surface area (Å²) in [4.78, 5) is 10.9. The Bertz CT molecular complexity index is 382. The Morgan fingerprint density at radius 3 is 2.85 bits per heavy atom. The summed E-state index contributed by atoms with van der Waals surface area (Å²) in [5.74, 6) is 1.49. The van der Waals surface area contributed by atoms with E-state index in [-0.39, 0.29) is 0 Å². The van der Waals surface area contributed by atoms with Crippen molar-refractivity contribution in [2.75, 3.05) is 13.6 Å². The zero-order chi connectivity index (χ0) is 9.42. The van der Waals surface area contributed by atoms with Crippen LogP contribution in [0.5, 0.6) is 0 Å². The molecular formula is C8H9N3OS. The molecule has 1 aromatic rings. The number of hydrogen-bond acceptors (Lipinski definition) is 4. The van der Waals surface area contributed by atoms with Crippen molar-refractivity contribution < 1.29 is 4.42 Å². The van der Waals surface area contributed by atoms with Crippen LogP contribution in [0.25, 0.3) is 0 Å². The molecule has 1 aromatic heterocycles. The number of aliphatic imine (C=N–C) groups is 1. The summed E-state index contributed by atoms with van der Waals surface area (Å²) in [6.45, 7) is 2.46. The highest BCUT2D eigenvalue weighted by molar-refractivity contribution is 7.80. The van der Waals surface area contributed by atoms with Crippen LogP contribution in [0.1, 0.15) is 11.5 Å². The molecule has 0 saturated carbocycles. The molecule has 0 saturated heterocycles.